The fourth-order valence-corrected chi connectivity index (χ4v) is 4.21. The van der Waals surface area contributed by atoms with Crippen molar-refractivity contribution in [2.75, 3.05) is 27.2 Å². The molecule has 1 aliphatic carbocycles. The Morgan fingerprint density at radius 2 is 2.16 bits per heavy atom. The van der Waals surface area contributed by atoms with Crippen LogP contribution in [0.5, 0.6) is 5.75 Å². The van der Waals surface area contributed by atoms with E-state index in [4.69, 9.17) is 22.1 Å². The fourth-order valence-electron chi connectivity index (χ4n) is 4.16. The fraction of sp³-hybridized carbons (Fsp3) is 0.565. The number of benzene rings is 1. The molecular weight excluding hydrogens is 426 g/mol. The Balaban J connectivity index is 1.80. The topological polar surface area (TPSA) is 92.5 Å². The molecule has 5 N–H and O–H groups in total. The molecule has 8 nitrogen and oxygen atoms in total. The van der Waals surface area contributed by atoms with E-state index in [-0.39, 0.29) is 5.54 Å². The van der Waals surface area contributed by atoms with Gasteiger partial charge in [-0.2, -0.15) is 0 Å². The normalized spacial score (nSPS) is 15.9. The molecule has 1 aromatic heterocycles. The van der Waals surface area contributed by atoms with Crippen molar-refractivity contribution in [1.82, 2.24) is 20.5 Å². The Morgan fingerprint density at radius 1 is 1.38 bits per heavy atom. The molecular formula is C23H37ClN7O+. The van der Waals surface area contributed by atoms with Crippen molar-refractivity contribution in [3.63, 3.8) is 0 Å². The number of aromatic nitrogens is 2. The van der Waals surface area contributed by atoms with Crippen molar-refractivity contribution in [1.29, 1.82) is 0 Å². The standard InChI is InChI=1S/C23H37ClN7O/c1-5-30-18-8-7-17(32-12-11-26-3)13-19(18)31(6-2)22(30)16-28-23(9-10-23)14-21(27-4)29-20(25)15-24/h7-8,13,15,26,28H,5-6,9-12,14,16,25H2,1-4H3,(H,27,29)/q+1/b20-15+. The molecule has 9 heteroatoms. The van der Waals surface area contributed by atoms with E-state index in [0.29, 0.717) is 12.4 Å². The maximum Gasteiger partial charge on any atom is 0.271 e. The van der Waals surface area contributed by atoms with Crippen LogP contribution in [0, 0.1) is 0 Å². The van der Waals surface area contributed by atoms with Gasteiger partial charge in [-0.1, -0.05) is 11.6 Å². The number of hydrogen-bond donors (Lipinski definition) is 4. The molecule has 32 heavy (non-hydrogen) atoms. The number of amidine groups is 1. The van der Waals surface area contributed by atoms with Crippen LogP contribution in [0.1, 0.15) is 38.9 Å². The van der Waals surface area contributed by atoms with Crippen LogP contribution in [0.3, 0.4) is 0 Å². The van der Waals surface area contributed by atoms with Crippen molar-refractivity contribution < 1.29 is 9.30 Å². The number of aryl methyl sites for hydroxylation is 2. The molecule has 3 rings (SSSR count). The minimum atomic E-state index is 0.0382. The largest absolute Gasteiger partial charge is 0.492 e. The number of rotatable bonds is 12. The lowest BCUT2D eigenvalue weighted by Gasteiger charge is -2.19. The molecule has 0 amide bonds. The highest BCUT2D eigenvalue weighted by molar-refractivity contribution is 6.25. The van der Waals surface area contributed by atoms with Crippen LogP contribution in [-0.4, -0.2) is 43.2 Å². The van der Waals surface area contributed by atoms with Gasteiger partial charge in [0.15, 0.2) is 11.0 Å². The summed E-state index contributed by atoms with van der Waals surface area (Å²) < 4.78 is 10.7. The van der Waals surface area contributed by atoms with Crippen molar-refractivity contribution in [2.45, 2.75) is 58.3 Å². The molecule has 0 unspecified atom stereocenters. The zero-order valence-corrected chi connectivity index (χ0v) is 20.4. The summed E-state index contributed by atoms with van der Waals surface area (Å²) in [6.45, 7) is 8.45. The number of likely N-dealkylation sites (N-methyl/N-ethyl adjacent to an activating group) is 1. The van der Waals surface area contributed by atoms with Crippen LogP contribution >= 0.6 is 11.6 Å². The molecule has 1 aromatic carbocycles. The van der Waals surface area contributed by atoms with Gasteiger partial charge in [0.2, 0.25) is 0 Å². The predicted molar refractivity (Wildman–Crippen MR) is 131 cm³/mol. The van der Waals surface area contributed by atoms with Crippen molar-refractivity contribution >= 4 is 28.5 Å². The second-order valence-corrected chi connectivity index (χ2v) is 8.40. The SMILES string of the molecule is CCn1c(CNC2(CC(=NC)N/C(N)=C/Cl)CC2)[n+](CC)c2ccc(OCCNC)cc21. The number of aliphatic imine (C=N–C) groups is 1. The van der Waals surface area contributed by atoms with Crippen LogP contribution < -0.4 is 31.0 Å². The van der Waals surface area contributed by atoms with Crippen LogP contribution in [-0.2, 0) is 19.6 Å². The highest BCUT2D eigenvalue weighted by Crippen LogP contribution is 2.39. The second kappa shape index (κ2) is 11.0. The van der Waals surface area contributed by atoms with E-state index in [0.717, 1.165) is 57.0 Å². The molecule has 1 saturated carbocycles. The van der Waals surface area contributed by atoms with Gasteiger partial charge in [0, 0.05) is 37.2 Å². The van der Waals surface area contributed by atoms with Crippen molar-refractivity contribution in [2.24, 2.45) is 10.7 Å². The quantitative estimate of drug-likeness (QED) is 0.168. The Bertz CT molecular complexity index is 978. The summed E-state index contributed by atoms with van der Waals surface area (Å²) in [4.78, 5) is 4.36. The van der Waals surface area contributed by atoms with Gasteiger partial charge < -0.3 is 26.4 Å². The first-order valence-corrected chi connectivity index (χ1v) is 11.8. The molecule has 0 spiro atoms. The lowest BCUT2D eigenvalue weighted by molar-refractivity contribution is -0.676. The third-order valence-electron chi connectivity index (χ3n) is 6.06. The van der Waals surface area contributed by atoms with Gasteiger partial charge >= 0.3 is 0 Å². The first-order chi connectivity index (χ1) is 15.5. The number of nitrogens with one attached hydrogen (secondary N) is 3. The summed E-state index contributed by atoms with van der Waals surface area (Å²) in [5.74, 6) is 3.42. The van der Waals surface area contributed by atoms with E-state index in [1.165, 1.54) is 22.4 Å². The number of hydrogen-bond acceptors (Lipinski definition) is 5. The predicted octanol–water partition coefficient (Wildman–Crippen LogP) is 2.19. The van der Waals surface area contributed by atoms with E-state index >= 15 is 0 Å². The number of imidazole rings is 1. The maximum absolute atomic E-state index is 5.91. The molecule has 0 bridgehead atoms. The lowest BCUT2D eigenvalue weighted by Crippen LogP contribution is -2.43. The Morgan fingerprint density at radius 3 is 2.75 bits per heavy atom. The summed E-state index contributed by atoms with van der Waals surface area (Å²) >= 11 is 5.70. The third kappa shape index (κ3) is 5.54. The highest BCUT2D eigenvalue weighted by Gasteiger charge is 2.44. The minimum Gasteiger partial charge on any atom is -0.492 e. The zero-order valence-electron chi connectivity index (χ0n) is 19.7. The Hall–Kier alpha value is -2.29. The van der Waals surface area contributed by atoms with Crippen molar-refractivity contribution in [3.05, 3.63) is 35.4 Å². The summed E-state index contributed by atoms with van der Waals surface area (Å²) in [5.41, 5.74) is 9.62. The van der Waals surface area contributed by atoms with Gasteiger partial charge in [-0.25, -0.2) is 9.13 Å². The highest BCUT2D eigenvalue weighted by atomic mass is 35.5. The number of nitrogens with two attached hydrogens (primary N) is 1. The monoisotopic (exact) mass is 462 g/mol. The van der Waals surface area contributed by atoms with Gasteiger partial charge in [-0.15, -0.1) is 0 Å². The summed E-state index contributed by atoms with van der Waals surface area (Å²) in [7, 11) is 3.70. The number of fused-ring (bicyclic) bond motifs is 1. The first kappa shape index (κ1) is 24.4. The Kier molecular flexibility index (Phi) is 8.39. The zero-order chi connectivity index (χ0) is 23.1. The van der Waals surface area contributed by atoms with E-state index in [1.54, 1.807) is 7.05 Å². The van der Waals surface area contributed by atoms with Gasteiger partial charge in [-0.3, -0.25) is 4.99 Å². The van der Waals surface area contributed by atoms with Gasteiger partial charge in [0.25, 0.3) is 5.82 Å². The number of ether oxygens (including phenoxy) is 1. The molecule has 0 aliphatic heterocycles. The summed E-state index contributed by atoms with van der Waals surface area (Å²) in [6.07, 6.45) is 3.01. The smallest absolute Gasteiger partial charge is 0.271 e. The molecule has 2 aromatic rings. The summed E-state index contributed by atoms with van der Waals surface area (Å²) in [5, 5.41) is 10.0. The maximum atomic E-state index is 5.91. The van der Waals surface area contributed by atoms with Crippen molar-refractivity contribution in [3.8, 4) is 5.75 Å². The number of nitrogens with zero attached hydrogens (tertiary/aromatic N) is 3. The number of halogens is 1. The van der Waals surface area contributed by atoms with Crippen LogP contribution in [0.4, 0.5) is 0 Å². The van der Waals surface area contributed by atoms with Gasteiger partial charge in [-0.05, 0) is 45.9 Å². The molecule has 1 heterocycles. The first-order valence-electron chi connectivity index (χ1n) is 11.4. The molecule has 1 fully saturated rings. The third-order valence-corrected chi connectivity index (χ3v) is 6.30. The average Bonchev–Trinajstić information content (AvgIpc) is 3.50. The van der Waals surface area contributed by atoms with E-state index in [2.05, 4.69) is 62.1 Å². The van der Waals surface area contributed by atoms with Gasteiger partial charge in [0.05, 0.1) is 19.6 Å². The van der Waals surface area contributed by atoms with Crippen LogP contribution in [0.15, 0.2) is 34.5 Å². The Labute approximate surface area is 195 Å². The molecule has 0 radical (unpaired) electrons. The lowest BCUT2D eigenvalue weighted by atomic mass is 10.1. The second-order valence-electron chi connectivity index (χ2n) is 8.18. The minimum absolute atomic E-state index is 0.0382. The molecule has 0 atom stereocenters. The molecule has 176 valence electrons. The van der Waals surface area contributed by atoms with E-state index < -0.39 is 0 Å². The van der Waals surface area contributed by atoms with Gasteiger partial charge in [0.1, 0.15) is 24.0 Å². The molecule has 0 saturated heterocycles. The van der Waals surface area contributed by atoms with Crippen LogP contribution in [0.2, 0.25) is 0 Å². The molecule has 1 aliphatic rings. The van der Waals surface area contributed by atoms with E-state index in [1.807, 2.05) is 7.05 Å². The summed E-state index contributed by atoms with van der Waals surface area (Å²) in [6, 6.07) is 6.39. The van der Waals surface area contributed by atoms with Crippen LogP contribution in [0.25, 0.3) is 11.0 Å². The van der Waals surface area contributed by atoms with E-state index in [9.17, 15) is 0 Å². The average molecular weight is 463 g/mol.